The van der Waals surface area contributed by atoms with Crippen molar-refractivity contribution in [2.45, 2.75) is 27.2 Å². The fourth-order valence-corrected chi connectivity index (χ4v) is 2.03. The molecule has 1 atom stereocenters. The molecule has 1 aromatic rings. The molecule has 4 heteroatoms. The molecule has 0 aromatic heterocycles. The maximum absolute atomic E-state index is 11.5. The van der Waals surface area contributed by atoms with E-state index in [0.717, 1.165) is 17.8 Å². The zero-order valence-corrected chi connectivity index (χ0v) is 12.8. The third-order valence-corrected chi connectivity index (χ3v) is 3.51. The Hall–Kier alpha value is -1.55. The van der Waals surface area contributed by atoms with Gasteiger partial charge in [0, 0.05) is 18.8 Å². The summed E-state index contributed by atoms with van der Waals surface area (Å²) in [6, 6.07) is 8.01. The molecule has 0 heterocycles. The molecule has 0 radical (unpaired) electrons. The fourth-order valence-electron chi connectivity index (χ4n) is 2.03. The van der Waals surface area contributed by atoms with Crippen LogP contribution in [0.3, 0.4) is 0 Å². The quantitative estimate of drug-likeness (QED) is 0.681. The van der Waals surface area contributed by atoms with Crippen molar-refractivity contribution >= 4 is 11.6 Å². The smallest absolute Gasteiger partial charge is 0.224 e. The third kappa shape index (κ3) is 5.61. The summed E-state index contributed by atoms with van der Waals surface area (Å²) in [5, 5.41) is 6.20. The first-order valence-corrected chi connectivity index (χ1v) is 7.36. The van der Waals surface area contributed by atoms with Crippen molar-refractivity contribution in [3.63, 3.8) is 0 Å². The van der Waals surface area contributed by atoms with Gasteiger partial charge in [0.05, 0.1) is 6.42 Å². The third-order valence-electron chi connectivity index (χ3n) is 3.51. The number of hydrogen-bond acceptors (Lipinski definition) is 3. The lowest BCUT2D eigenvalue weighted by Crippen LogP contribution is -2.27. The molecule has 0 spiro atoms. The number of rotatable bonds is 8. The van der Waals surface area contributed by atoms with Gasteiger partial charge in [0.25, 0.3) is 0 Å². The van der Waals surface area contributed by atoms with Crippen molar-refractivity contribution in [2.75, 3.05) is 25.0 Å². The molecular formula is C16H27N3O. The lowest BCUT2D eigenvalue weighted by Gasteiger charge is -2.20. The molecule has 0 fully saturated rings. The van der Waals surface area contributed by atoms with Gasteiger partial charge in [-0.1, -0.05) is 26.0 Å². The fraction of sp³-hybridized carbons (Fsp3) is 0.562. The number of carbonyl (C=O) groups is 1. The monoisotopic (exact) mass is 277 g/mol. The number of benzene rings is 1. The second-order valence-corrected chi connectivity index (χ2v) is 5.45. The molecule has 0 aliphatic heterocycles. The minimum atomic E-state index is 0.0659. The van der Waals surface area contributed by atoms with Crippen LogP contribution in [0.15, 0.2) is 24.3 Å². The van der Waals surface area contributed by atoms with Crippen LogP contribution in [0.4, 0.5) is 5.69 Å². The predicted octanol–water partition coefficient (Wildman–Crippen LogP) is 2.01. The average molecular weight is 277 g/mol. The molecular weight excluding hydrogens is 250 g/mol. The van der Waals surface area contributed by atoms with Crippen LogP contribution in [0.2, 0.25) is 0 Å². The van der Waals surface area contributed by atoms with E-state index in [4.69, 9.17) is 5.73 Å². The van der Waals surface area contributed by atoms with E-state index < -0.39 is 0 Å². The van der Waals surface area contributed by atoms with E-state index >= 15 is 0 Å². The Bertz CT molecular complexity index is 401. The highest BCUT2D eigenvalue weighted by atomic mass is 16.1. The van der Waals surface area contributed by atoms with Crippen molar-refractivity contribution in [1.29, 1.82) is 0 Å². The molecule has 1 amide bonds. The summed E-state index contributed by atoms with van der Waals surface area (Å²) in [5.41, 5.74) is 7.86. The van der Waals surface area contributed by atoms with Crippen LogP contribution in [-0.2, 0) is 11.2 Å². The maximum Gasteiger partial charge on any atom is 0.224 e. The van der Waals surface area contributed by atoms with Crippen molar-refractivity contribution in [3.8, 4) is 0 Å². The molecule has 0 saturated heterocycles. The van der Waals surface area contributed by atoms with E-state index in [2.05, 4.69) is 24.5 Å². The van der Waals surface area contributed by atoms with Crippen molar-refractivity contribution in [2.24, 2.45) is 17.6 Å². The molecule has 0 saturated carbocycles. The number of nitrogens with one attached hydrogen (secondary N) is 2. The molecule has 1 aromatic carbocycles. The number of carbonyl (C=O) groups excluding carboxylic acids is 1. The van der Waals surface area contributed by atoms with Gasteiger partial charge in [0.15, 0.2) is 0 Å². The van der Waals surface area contributed by atoms with E-state index in [1.807, 2.05) is 31.2 Å². The summed E-state index contributed by atoms with van der Waals surface area (Å²) in [5.74, 6) is 1.12. The first kappa shape index (κ1) is 16.5. The van der Waals surface area contributed by atoms with Gasteiger partial charge in [0.2, 0.25) is 5.91 Å². The summed E-state index contributed by atoms with van der Waals surface area (Å²) in [6.45, 7) is 8.55. The zero-order valence-electron chi connectivity index (χ0n) is 12.8. The molecule has 0 aliphatic rings. The summed E-state index contributed by atoms with van der Waals surface area (Å²) < 4.78 is 0. The van der Waals surface area contributed by atoms with Gasteiger partial charge < -0.3 is 16.4 Å². The van der Waals surface area contributed by atoms with Crippen molar-refractivity contribution in [1.82, 2.24) is 5.32 Å². The second kappa shape index (κ2) is 8.59. The molecule has 0 aliphatic carbocycles. The van der Waals surface area contributed by atoms with Gasteiger partial charge >= 0.3 is 0 Å². The SMILES string of the molecule is CCNC(=O)Cc1ccc(NCC(CN)C(C)C)cc1. The average Bonchev–Trinajstić information content (AvgIpc) is 2.41. The van der Waals surface area contributed by atoms with Crippen LogP contribution in [0.1, 0.15) is 26.3 Å². The van der Waals surface area contributed by atoms with Gasteiger partial charge in [-0.15, -0.1) is 0 Å². The number of amides is 1. The zero-order chi connectivity index (χ0) is 15.0. The summed E-state index contributed by atoms with van der Waals surface area (Å²) in [6.07, 6.45) is 0.436. The van der Waals surface area contributed by atoms with Gasteiger partial charge in [-0.2, -0.15) is 0 Å². The highest BCUT2D eigenvalue weighted by Crippen LogP contribution is 2.13. The normalized spacial score (nSPS) is 12.2. The second-order valence-electron chi connectivity index (χ2n) is 5.45. The molecule has 1 unspecified atom stereocenters. The van der Waals surface area contributed by atoms with E-state index in [-0.39, 0.29) is 5.91 Å². The topological polar surface area (TPSA) is 67.2 Å². The Kier molecular flexibility index (Phi) is 7.09. The number of likely N-dealkylation sites (N-methyl/N-ethyl adjacent to an activating group) is 1. The van der Waals surface area contributed by atoms with Crippen LogP contribution in [0.25, 0.3) is 0 Å². The van der Waals surface area contributed by atoms with E-state index in [0.29, 0.717) is 31.3 Å². The molecule has 4 N–H and O–H groups in total. The Morgan fingerprint density at radius 2 is 1.90 bits per heavy atom. The van der Waals surface area contributed by atoms with Gasteiger partial charge in [0.1, 0.15) is 0 Å². The van der Waals surface area contributed by atoms with E-state index in [1.165, 1.54) is 0 Å². The molecule has 0 bridgehead atoms. The summed E-state index contributed by atoms with van der Waals surface area (Å²) >= 11 is 0. The molecule has 112 valence electrons. The number of anilines is 1. The van der Waals surface area contributed by atoms with Crippen molar-refractivity contribution < 1.29 is 4.79 Å². The summed E-state index contributed by atoms with van der Waals surface area (Å²) in [4.78, 5) is 11.5. The Balaban J connectivity index is 2.48. The van der Waals surface area contributed by atoms with Crippen molar-refractivity contribution in [3.05, 3.63) is 29.8 Å². The Labute approximate surface area is 122 Å². The van der Waals surface area contributed by atoms with Crippen LogP contribution in [0.5, 0.6) is 0 Å². The predicted molar refractivity (Wildman–Crippen MR) is 84.7 cm³/mol. The lowest BCUT2D eigenvalue weighted by molar-refractivity contribution is -0.120. The summed E-state index contributed by atoms with van der Waals surface area (Å²) in [7, 11) is 0. The first-order chi connectivity index (χ1) is 9.56. The standard InChI is InChI=1S/C16H27N3O/c1-4-18-16(20)9-13-5-7-15(8-6-13)19-11-14(10-17)12(2)3/h5-8,12,14,19H,4,9-11,17H2,1-3H3,(H,18,20). The van der Waals surface area contributed by atoms with Crippen LogP contribution >= 0.6 is 0 Å². The maximum atomic E-state index is 11.5. The minimum absolute atomic E-state index is 0.0659. The largest absolute Gasteiger partial charge is 0.385 e. The number of hydrogen-bond donors (Lipinski definition) is 3. The van der Waals surface area contributed by atoms with E-state index in [1.54, 1.807) is 0 Å². The van der Waals surface area contributed by atoms with Crippen LogP contribution in [0, 0.1) is 11.8 Å². The van der Waals surface area contributed by atoms with Crippen LogP contribution in [-0.4, -0.2) is 25.5 Å². The van der Waals surface area contributed by atoms with Gasteiger partial charge in [-0.05, 0) is 43.0 Å². The van der Waals surface area contributed by atoms with Gasteiger partial charge in [-0.3, -0.25) is 4.79 Å². The van der Waals surface area contributed by atoms with E-state index in [9.17, 15) is 4.79 Å². The number of nitrogens with two attached hydrogens (primary N) is 1. The minimum Gasteiger partial charge on any atom is -0.385 e. The van der Waals surface area contributed by atoms with Gasteiger partial charge in [-0.25, -0.2) is 0 Å². The Morgan fingerprint density at radius 3 is 2.40 bits per heavy atom. The molecule has 1 rings (SSSR count). The lowest BCUT2D eigenvalue weighted by atomic mass is 9.96. The first-order valence-electron chi connectivity index (χ1n) is 7.36. The Morgan fingerprint density at radius 1 is 1.25 bits per heavy atom. The van der Waals surface area contributed by atoms with Crippen LogP contribution < -0.4 is 16.4 Å². The highest BCUT2D eigenvalue weighted by molar-refractivity contribution is 5.78. The molecule has 4 nitrogen and oxygen atoms in total. The molecule has 20 heavy (non-hydrogen) atoms. The highest BCUT2D eigenvalue weighted by Gasteiger charge is 2.10.